The van der Waals surface area contributed by atoms with E-state index in [1.54, 1.807) is 45.0 Å². The van der Waals surface area contributed by atoms with E-state index in [2.05, 4.69) is 10.3 Å². The molecule has 1 atom stereocenters. The summed E-state index contributed by atoms with van der Waals surface area (Å²) >= 11 is 0. The number of nitrogens with zero attached hydrogens (tertiary/aromatic N) is 2. The molecule has 1 heterocycles. The van der Waals surface area contributed by atoms with E-state index in [0.29, 0.717) is 11.5 Å². The standard InChI is InChI=1S/C18H23N3O4S/c1-4-21(14-8-6-5-7-9-14)26(24,25)15-10-11-16(19-12-15)20-17(13(2)3)18(22)23/h5-13,17H,4H2,1-3H3,(H,19,20)(H,22,23)/t17-/m1/s1. The molecule has 0 aliphatic carbocycles. The van der Waals surface area contributed by atoms with Crippen LogP contribution in [0.25, 0.3) is 0 Å². The van der Waals surface area contributed by atoms with Crippen molar-refractivity contribution in [1.82, 2.24) is 4.98 Å². The first-order valence-electron chi connectivity index (χ1n) is 8.30. The number of sulfonamides is 1. The number of carboxylic acids is 1. The fraction of sp³-hybridized carbons (Fsp3) is 0.333. The molecule has 2 rings (SSSR count). The van der Waals surface area contributed by atoms with Crippen LogP contribution in [0.4, 0.5) is 11.5 Å². The minimum Gasteiger partial charge on any atom is -0.480 e. The van der Waals surface area contributed by atoms with Gasteiger partial charge in [0.25, 0.3) is 10.0 Å². The summed E-state index contributed by atoms with van der Waals surface area (Å²) in [4.78, 5) is 15.4. The van der Waals surface area contributed by atoms with Gasteiger partial charge in [-0.2, -0.15) is 0 Å². The summed E-state index contributed by atoms with van der Waals surface area (Å²) in [5, 5.41) is 12.0. The first-order valence-corrected chi connectivity index (χ1v) is 9.74. The molecule has 0 bridgehead atoms. The highest BCUT2D eigenvalue weighted by Gasteiger charge is 2.25. The third kappa shape index (κ3) is 4.32. The molecule has 2 N–H and O–H groups in total. The Morgan fingerprint density at radius 2 is 1.85 bits per heavy atom. The normalized spacial score (nSPS) is 12.6. The summed E-state index contributed by atoms with van der Waals surface area (Å²) in [7, 11) is -3.76. The number of aromatic nitrogens is 1. The number of para-hydroxylation sites is 1. The maximum atomic E-state index is 12.9. The van der Waals surface area contributed by atoms with E-state index in [9.17, 15) is 18.3 Å². The van der Waals surface area contributed by atoms with E-state index < -0.39 is 22.0 Å². The van der Waals surface area contributed by atoms with Gasteiger partial charge < -0.3 is 10.4 Å². The number of rotatable bonds is 8. The second-order valence-corrected chi connectivity index (χ2v) is 7.95. The van der Waals surface area contributed by atoms with Gasteiger partial charge in [0.1, 0.15) is 16.8 Å². The molecule has 0 saturated carbocycles. The molecule has 140 valence electrons. The zero-order valence-corrected chi connectivity index (χ0v) is 15.8. The topological polar surface area (TPSA) is 99.6 Å². The van der Waals surface area contributed by atoms with E-state index >= 15 is 0 Å². The van der Waals surface area contributed by atoms with Gasteiger partial charge in [-0.25, -0.2) is 18.2 Å². The molecular formula is C18H23N3O4S. The second kappa shape index (κ2) is 8.18. The first kappa shape index (κ1) is 19.7. The number of carbonyl (C=O) groups is 1. The molecule has 0 amide bonds. The lowest BCUT2D eigenvalue weighted by Gasteiger charge is -2.23. The number of carboxylic acid groups (broad SMARTS) is 1. The van der Waals surface area contributed by atoms with Gasteiger partial charge in [-0.05, 0) is 37.1 Å². The Morgan fingerprint density at radius 3 is 2.31 bits per heavy atom. The number of anilines is 2. The average molecular weight is 377 g/mol. The van der Waals surface area contributed by atoms with Crippen LogP contribution in [0.3, 0.4) is 0 Å². The molecule has 26 heavy (non-hydrogen) atoms. The molecule has 0 aliphatic rings. The zero-order chi connectivity index (χ0) is 19.3. The van der Waals surface area contributed by atoms with Gasteiger partial charge in [0, 0.05) is 12.7 Å². The Kier molecular flexibility index (Phi) is 6.20. The van der Waals surface area contributed by atoms with Crippen molar-refractivity contribution < 1.29 is 18.3 Å². The number of benzene rings is 1. The van der Waals surface area contributed by atoms with Crippen molar-refractivity contribution in [3.63, 3.8) is 0 Å². The first-order chi connectivity index (χ1) is 12.3. The second-order valence-electron chi connectivity index (χ2n) is 6.09. The molecule has 0 unspecified atom stereocenters. The van der Waals surface area contributed by atoms with E-state index in [4.69, 9.17) is 0 Å². The Balaban J connectivity index is 2.27. The van der Waals surface area contributed by atoms with Gasteiger partial charge in [-0.1, -0.05) is 32.0 Å². The van der Waals surface area contributed by atoms with Gasteiger partial charge in [-0.15, -0.1) is 0 Å². The highest BCUT2D eigenvalue weighted by Crippen LogP contribution is 2.23. The molecule has 0 saturated heterocycles. The van der Waals surface area contributed by atoms with Crippen LogP contribution in [0.2, 0.25) is 0 Å². The van der Waals surface area contributed by atoms with Crippen molar-refractivity contribution in [2.45, 2.75) is 31.7 Å². The van der Waals surface area contributed by atoms with Crippen LogP contribution in [0, 0.1) is 5.92 Å². The molecule has 1 aromatic carbocycles. The minimum absolute atomic E-state index is 0.0465. The van der Waals surface area contributed by atoms with Crippen molar-refractivity contribution in [2.75, 3.05) is 16.2 Å². The number of aliphatic carboxylic acids is 1. The Morgan fingerprint density at radius 1 is 1.19 bits per heavy atom. The van der Waals surface area contributed by atoms with Gasteiger partial charge in [0.05, 0.1) is 5.69 Å². The van der Waals surface area contributed by atoms with Crippen molar-refractivity contribution in [2.24, 2.45) is 5.92 Å². The molecule has 7 nitrogen and oxygen atoms in total. The Labute approximate surface area is 153 Å². The van der Waals surface area contributed by atoms with Crippen LogP contribution in [0.1, 0.15) is 20.8 Å². The van der Waals surface area contributed by atoms with E-state index in [0.717, 1.165) is 0 Å². The van der Waals surface area contributed by atoms with Crippen molar-refractivity contribution in [3.05, 3.63) is 48.7 Å². The van der Waals surface area contributed by atoms with Crippen molar-refractivity contribution in [3.8, 4) is 0 Å². The average Bonchev–Trinajstić information content (AvgIpc) is 2.61. The van der Waals surface area contributed by atoms with Gasteiger partial charge in [0.2, 0.25) is 0 Å². The molecule has 1 aromatic heterocycles. The molecule has 2 aromatic rings. The Hall–Kier alpha value is -2.61. The van der Waals surface area contributed by atoms with Gasteiger partial charge in [-0.3, -0.25) is 4.31 Å². The summed E-state index contributed by atoms with van der Waals surface area (Å²) in [6, 6.07) is 10.9. The summed E-state index contributed by atoms with van der Waals surface area (Å²) < 4.78 is 27.1. The van der Waals surface area contributed by atoms with Crippen LogP contribution in [0.15, 0.2) is 53.6 Å². The van der Waals surface area contributed by atoms with Crippen molar-refractivity contribution >= 4 is 27.5 Å². The third-order valence-electron chi connectivity index (χ3n) is 3.89. The lowest BCUT2D eigenvalue weighted by Crippen LogP contribution is -2.34. The molecule has 0 spiro atoms. The monoisotopic (exact) mass is 377 g/mol. The smallest absolute Gasteiger partial charge is 0.326 e. The van der Waals surface area contributed by atoms with Crippen molar-refractivity contribution in [1.29, 1.82) is 0 Å². The summed E-state index contributed by atoms with van der Waals surface area (Å²) in [6.07, 6.45) is 1.24. The minimum atomic E-state index is -3.76. The number of hydrogen-bond acceptors (Lipinski definition) is 5. The molecule has 0 aliphatic heterocycles. The van der Waals surface area contributed by atoms with Crippen LogP contribution in [-0.4, -0.2) is 37.1 Å². The maximum Gasteiger partial charge on any atom is 0.326 e. The highest BCUT2D eigenvalue weighted by molar-refractivity contribution is 7.92. The number of pyridine rings is 1. The van der Waals surface area contributed by atoms with Gasteiger partial charge >= 0.3 is 5.97 Å². The SMILES string of the molecule is CCN(c1ccccc1)S(=O)(=O)c1ccc(N[C@@H](C(=O)O)C(C)C)nc1. The van der Waals surface area contributed by atoms with E-state index in [-0.39, 0.29) is 17.4 Å². The zero-order valence-electron chi connectivity index (χ0n) is 15.0. The number of hydrogen-bond donors (Lipinski definition) is 2. The quantitative estimate of drug-likeness (QED) is 0.734. The fourth-order valence-corrected chi connectivity index (χ4v) is 3.92. The summed E-state index contributed by atoms with van der Waals surface area (Å²) in [5.74, 6) is -0.820. The van der Waals surface area contributed by atoms with Gasteiger partial charge in [0.15, 0.2) is 0 Å². The summed E-state index contributed by atoms with van der Waals surface area (Å²) in [5.41, 5.74) is 0.572. The lowest BCUT2D eigenvalue weighted by molar-refractivity contribution is -0.138. The molecular weight excluding hydrogens is 354 g/mol. The maximum absolute atomic E-state index is 12.9. The van der Waals surface area contributed by atoms with E-state index in [1.165, 1.54) is 22.6 Å². The van der Waals surface area contributed by atoms with Crippen LogP contribution in [0.5, 0.6) is 0 Å². The lowest BCUT2D eigenvalue weighted by atomic mass is 10.1. The summed E-state index contributed by atoms with van der Waals surface area (Å²) in [6.45, 7) is 5.60. The predicted molar refractivity (Wildman–Crippen MR) is 101 cm³/mol. The molecule has 0 fully saturated rings. The molecule has 8 heteroatoms. The van der Waals surface area contributed by atoms with Crippen LogP contribution < -0.4 is 9.62 Å². The van der Waals surface area contributed by atoms with Crippen LogP contribution >= 0.6 is 0 Å². The highest BCUT2D eigenvalue weighted by atomic mass is 32.2. The predicted octanol–water partition coefficient (Wildman–Crippen LogP) is 2.82. The van der Waals surface area contributed by atoms with E-state index in [1.807, 2.05) is 6.07 Å². The van der Waals surface area contributed by atoms with Crippen LogP contribution in [-0.2, 0) is 14.8 Å². The molecule has 0 radical (unpaired) electrons. The largest absolute Gasteiger partial charge is 0.480 e. The Bertz CT molecular complexity index is 836. The fourth-order valence-electron chi connectivity index (χ4n) is 2.50. The third-order valence-corrected chi connectivity index (χ3v) is 5.78. The number of nitrogens with one attached hydrogen (secondary N) is 1.